The maximum atomic E-state index is 14.0. The summed E-state index contributed by atoms with van der Waals surface area (Å²) >= 11 is 19.3. The quantitative estimate of drug-likeness (QED) is 0.183. The van der Waals surface area contributed by atoms with Gasteiger partial charge in [0, 0.05) is 23.2 Å². The summed E-state index contributed by atoms with van der Waals surface area (Å²) in [4.78, 5) is 32.4. The van der Waals surface area contributed by atoms with Gasteiger partial charge in [-0.3, -0.25) is 9.59 Å². The number of tetrazole rings is 1. The molecule has 0 aliphatic heterocycles. The molecule has 0 spiro atoms. The van der Waals surface area contributed by atoms with E-state index in [9.17, 15) is 22.8 Å². The standard InChI is InChI=1S/C30H19Cl3F3N9O2/c31-18-7-3-5-16(11-18)14-38-27(46)21-12-17-6-1-2-8-20(17)24(33)25(21)39-28(47)23-13-19(15-44-42-29(40-43-44)30(34,35)36)41-45(23)26-22(32)9-4-10-37-26/h1-13H,14-15H2,(H,38,46)(H,39,47). The molecule has 2 N–H and O–H groups in total. The average molecular weight is 701 g/mol. The van der Waals surface area contributed by atoms with Gasteiger partial charge in [-0.15, -0.1) is 10.2 Å². The predicted molar refractivity (Wildman–Crippen MR) is 168 cm³/mol. The highest BCUT2D eigenvalue weighted by Crippen LogP contribution is 2.35. The second-order valence-corrected chi connectivity index (χ2v) is 11.2. The summed E-state index contributed by atoms with van der Waals surface area (Å²) in [6.45, 7) is -0.243. The number of aromatic nitrogens is 7. The number of benzene rings is 3. The minimum absolute atomic E-state index is 0.00754. The van der Waals surface area contributed by atoms with E-state index in [1.807, 2.05) is 0 Å². The van der Waals surface area contributed by atoms with E-state index < -0.39 is 23.8 Å². The molecular formula is C30H19Cl3F3N9O2. The first-order valence-corrected chi connectivity index (χ1v) is 14.7. The van der Waals surface area contributed by atoms with Gasteiger partial charge in [-0.2, -0.15) is 23.1 Å². The maximum Gasteiger partial charge on any atom is 0.455 e. The summed E-state index contributed by atoms with van der Waals surface area (Å²) < 4.78 is 40.2. The van der Waals surface area contributed by atoms with E-state index in [-0.39, 0.29) is 51.6 Å². The van der Waals surface area contributed by atoms with Crippen molar-refractivity contribution < 1.29 is 22.8 Å². The fourth-order valence-corrected chi connectivity index (χ4v) is 5.37. The molecule has 0 aliphatic rings. The summed E-state index contributed by atoms with van der Waals surface area (Å²) in [6.07, 6.45) is -3.39. The summed E-state index contributed by atoms with van der Waals surface area (Å²) in [5.41, 5.74) is 0.764. The van der Waals surface area contributed by atoms with E-state index >= 15 is 0 Å². The Morgan fingerprint density at radius 3 is 2.45 bits per heavy atom. The minimum Gasteiger partial charge on any atom is -0.348 e. The number of carbonyl (C=O) groups excluding carboxylic acids is 2. The Morgan fingerprint density at radius 2 is 1.70 bits per heavy atom. The summed E-state index contributed by atoms with van der Waals surface area (Å²) in [7, 11) is 0. The largest absolute Gasteiger partial charge is 0.455 e. The zero-order chi connectivity index (χ0) is 33.3. The van der Waals surface area contributed by atoms with Crippen molar-refractivity contribution in [2.75, 3.05) is 5.32 Å². The Bertz CT molecular complexity index is 2150. The first-order valence-electron chi connectivity index (χ1n) is 13.6. The van der Waals surface area contributed by atoms with E-state index in [0.29, 0.717) is 20.6 Å². The van der Waals surface area contributed by atoms with Gasteiger partial charge in [0.1, 0.15) is 12.2 Å². The number of hydrogen-bond donors (Lipinski definition) is 2. The molecule has 47 heavy (non-hydrogen) atoms. The molecule has 11 nitrogen and oxygen atoms in total. The fourth-order valence-electron chi connectivity index (χ4n) is 4.64. The Balaban J connectivity index is 1.37. The Kier molecular flexibility index (Phi) is 8.82. The normalized spacial score (nSPS) is 11.5. The van der Waals surface area contributed by atoms with E-state index in [1.54, 1.807) is 60.7 Å². The third-order valence-corrected chi connectivity index (χ3v) is 7.68. The van der Waals surface area contributed by atoms with Gasteiger partial charge in [0.05, 0.1) is 27.0 Å². The van der Waals surface area contributed by atoms with Gasteiger partial charge in [0.15, 0.2) is 5.82 Å². The number of nitrogens with one attached hydrogen (secondary N) is 2. The van der Waals surface area contributed by atoms with Crippen molar-refractivity contribution in [3.05, 3.63) is 122 Å². The number of fused-ring (bicyclic) bond motifs is 1. The van der Waals surface area contributed by atoms with Gasteiger partial charge >= 0.3 is 6.18 Å². The predicted octanol–water partition coefficient (Wildman–Crippen LogP) is 6.62. The molecule has 0 bridgehead atoms. The molecule has 0 saturated carbocycles. The second kappa shape index (κ2) is 13.0. The van der Waals surface area contributed by atoms with Crippen molar-refractivity contribution in [3.8, 4) is 5.82 Å². The molecule has 3 heterocycles. The lowest BCUT2D eigenvalue weighted by Gasteiger charge is -2.16. The lowest BCUT2D eigenvalue weighted by atomic mass is 10.0. The van der Waals surface area contributed by atoms with Crippen LogP contribution in [-0.2, 0) is 19.3 Å². The average Bonchev–Trinajstić information content (AvgIpc) is 3.69. The molecule has 17 heteroatoms. The van der Waals surface area contributed by atoms with Crippen molar-refractivity contribution in [1.82, 2.24) is 40.3 Å². The van der Waals surface area contributed by atoms with Gasteiger partial charge in [-0.05, 0) is 52.6 Å². The van der Waals surface area contributed by atoms with Crippen LogP contribution in [-0.4, -0.2) is 46.8 Å². The van der Waals surface area contributed by atoms with Crippen molar-refractivity contribution in [1.29, 1.82) is 0 Å². The number of halogens is 6. The van der Waals surface area contributed by atoms with Crippen LogP contribution in [0.1, 0.15) is 37.9 Å². The third-order valence-electron chi connectivity index (χ3n) is 6.75. The molecular weight excluding hydrogens is 682 g/mol. The van der Waals surface area contributed by atoms with Crippen LogP contribution in [0.15, 0.2) is 79.0 Å². The van der Waals surface area contributed by atoms with Gasteiger partial charge in [-0.25, -0.2) is 9.67 Å². The van der Waals surface area contributed by atoms with Crippen LogP contribution in [0.2, 0.25) is 15.1 Å². The van der Waals surface area contributed by atoms with E-state index in [1.165, 1.54) is 18.3 Å². The number of carbonyl (C=O) groups is 2. The molecule has 2 amide bonds. The molecule has 6 rings (SSSR count). The highest BCUT2D eigenvalue weighted by atomic mass is 35.5. The van der Waals surface area contributed by atoms with Crippen molar-refractivity contribution in [2.24, 2.45) is 0 Å². The van der Waals surface area contributed by atoms with E-state index in [2.05, 4.69) is 36.1 Å². The van der Waals surface area contributed by atoms with Gasteiger partial charge in [0.2, 0.25) is 0 Å². The van der Waals surface area contributed by atoms with Crippen LogP contribution < -0.4 is 10.6 Å². The van der Waals surface area contributed by atoms with Crippen LogP contribution in [0.4, 0.5) is 18.9 Å². The number of rotatable bonds is 8. The van der Waals surface area contributed by atoms with Gasteiger partial charge in [-0.1, -0.05) is 71.2 Å². The number of alkyl halides is 3. The number of nitrogens with zero attached hydrogens (tertiary/aromatic N) is 7. The molecule has 0 radical (unpaired) electrons. The zero-order valence-electron chi connectivity index (χ0n) is 23.6. The van der Waals surface area contributed by atoms with Crippen LogP contribution in [0.5, 0.6) is 0 Å². The topological polar surface area (TPSA) is 133 Å². The van der Waals surface area contributed by atoms with Crippen molar-refractivity contribution in [3.63, 3.8) is 0 Å². The van der Waals surface area contributed by atoms with Crippen LogP contribution >= 0.6 is 34.8 Å². The van der Waals surface area contributed by atoms with E-state index in [4.69, 9.17) is 34.8 Å². The highest BCUT2D eigenvalue weighted by Gasteiger charge is 2.37. The van der Waals surface area contributed by atoms with Gasteiger partial charge in [0.25, 0.3) is 17.6 Å². The number of pyridine rings is 1. The summed E-state index contributed by atoms with van der Waals surface area (Å²) in [6, 6.07) is 20.0. The molecule has 238 valence electrons. The molecule has 3 aromatic carbocycles. The first-order chi connectivity index (χ1) is 22.5. The lowest BCUT2D eigenvalue weighted by molar-refractivity contribution is -0.145. The number of amides is 2. The Hall–Kier alpha value is -5.05. The minimum atomic E-state index is -4.80. The van der Waals surface area contributed by atoms with Crippen LogP contribution in [0, 0.1) is 0 Å². The second-order valence-electron chi connectivity index (χ2n) is 9.98. The highest BCUT2D eigenvalue weighted by molar-refractivity contribution is 6.40. The molecule has 0 fully saturated rings. The van der Waals surface area contributed by atoms with Gasteiger partial charge < -0.3 is 10.6 Å². The molecule has 0 aliphatic carbocycles. The molecule has 6 aromatic rings. The number of anilines is 1. The smallest absolute Gasteiger partial charge is 0.348 e. The lowest BCUT2D eigenvalue weighted by Crippen LogP contribution is -2.26. The fraction of sp³-hybridized carbons (Fsp3) is 0.100. The first kappa shape index (κ1) is 31.9. The third kappa shape index (κ3) is 6.89. The van der Waals surface area contributed by atoms with Crippen LogP contribution in [0.3, 0.4) is 0 Å². The summed E-state index contributed by atoms with van der Waals surface area (Å²) in [5.74, 6) is -2.70. The monoisotopic (exact) mass is 699 g/mol. The van der Waals surface area contributed by atoms with Crippen LogP contribution in [0.25, 0.3) is 16.6 Å². The maximum absolute atomic E-state index is 14.0. The molecule has 0 saturated heterocycles. The van der Waals surface area contributed by atoms with Crippen molar-refractivity contribution >= 4 is 63.1 Å². The zero-order valence-corrected chi connectivity index (χ0v) is 25.9. The van der Waals surface area contributed by atoms with E-state index in [0.717, 1.165) is 10.2 Å². The Morgan fingerprint density at radius 1 is 0.894 bits per heavy atom. The number of hydrogen-bond acceptors (Lipinski definition) is 7. The Labute approximate surface area is 278 Å². The summed E-state index contributed by atoms with van der Waals surface area (Å²) in [5, 5.41) is 21.6. The van der Waals surface area contributed by atoms with Crippen molar-refractivity contribution in [2.45, 2.75) is 19.3 Å². The molecule has 0 atom stereocenters. The molecule has 3 aromatic heterocycles. The SMILES string of the molecule is O=C(NCc1cccc(Cl)c1)c1cc2ccccc2c(Cl)c1NC(=O)c1cc(Cn2nnc(C(F)(F)F)n2)nn1-c1ncccc1Cl. The molecule has 0 unspecified atom stereocenters.